The number of rotatable bonds is 6. The van der Waals surface area contributed by atoms with Crippen LogP contribution in [-0.2, 0) is 7.05 Å². The van der Waals surface area contributed by atoms with Gasteiger partial charge in [-0.1, -0.05) is 28.9 Å². The van der Waals surface area contributed by atoms with Crippen LogP contribution in [0.3, 0.4) is 0 Å². The summed E-state index contributed by atoms with van der Waals surface area (Å²) in [4.78, 5) is 13.9. The van der Waals surface area contributed by atoms with Gasteiger partial charge >= 0.3 is 0 Å². The lowest BCUT2D eigenvalue weighted by atomic mass is 10.1. The van der Waals surface area contributed by atoms with E-state index in [-0.39, 0.29) is 11.6 Å². The molecule has 1 unspecified atom stereocenters. The van der Waals surface area contributed by atoms with Gasteiger partial charge in [0.1, 0.15) is 5.69 Å². The van der Waals surface area contributed by atoms with Crippen LogP contribution >= 0.6 is 11.6 Å². The molecule has 10 heteroatoms. The fourth-order valence-corrected chi connectivity index (χ4v) is 3.90. The predicted octanol–water partition coefficient (Wildman–Crippen LogP) is 3.60. The molecular weight excluding hydrogens is 418 g/mol. The summed E-state index contributed by atoms with van der Waals surface area (Å²) in [6, 6.07) is 11.1. The summed E-state index contributed by atoms with van der Waals surface area (Å²) in [6.07, 6.45) is 3.70. The van der Waals surface area contributed by atoms with Crippen molar-refractivity contribution < 1.29 is 4.52 Å². The molecule has 0 radical (unpaired) electrons. The van der Waals surface area contributed by atoms with E-state index in [1.165, 1.54) is 6.07 Å². The Morgan fingerprint density at radius 1 is 1.23 bits per heavy atom. The molecule has 158 valence electrons. The molecular formula is C21H20ClN7O2. The molecule has 3 aromatic heterocycles. The van der Waals surface area contributed by atoms with Gasteiger partial charge in [-0.15, -0.1) is 10.2 Å². The van der Waals surface area contributed by atoms with Gasteiger partial charge in [0.2, 0.25) is 5.95 Å². The first kappa shape index (κ1) is 19.5. The third-order valence-corrected chi connectivity index (χ3v) is 5.66. The second-order valence-electron chi connectivity index (χ2n) is 7.66. The molecule has 0 amide bonds. The average molecular weight is 438 g/mol. The van der Waals surface area contributed by atoms with Gasteiger partial charge in [-0.3, -0.25) is 9.36 Å². The second kappa shape index (κ2) is 7.66. The van der Waals surface area contributed by atoms with E-state index in [1.54, 1.807) is 6.20 Å². The highest BCUT2D eigenvalue weighted by atomic mass is 35.5. The van der Waals surface area contributed by atoms with Crippen LogP contribution in [0, 0.1) is 0 Å². The highest BCUT2D eigenvalue weighted by Gasteiger charge is 2.37. The average Bonchev–Trinajstić information content (AvgIpc) is 3.33. The van der Waals surface area contributed by atoms with Crippen molar-refractivity contribution in [2.24, 2.45) is 7.05 Å². The number of aromatic nitrogens is 6. The Hall–Kier alpha value is -3.46. The number of H-pyrrole nitrogens is 1. The molecule has 1 aliphatic carbocycles. The minimum atomic E-state index is -0.286. The van der Waals surface area contributed by atoms with E-state index in [0.717, 1.165) is 24.1 Å². The van der Waals surface area contributed by atoms with Gasteiger partial charge in [-0.05, 0) is 31.9 Å². The number of anilines is 1. The maximum Gasteiger partial charge on any atom is 0.264 e. The van der Waals surface area contributed by atoms with Gasteiger partial charge in [0.05, 0.1) is 12.2 Å². The number of hydrogen-bond acceptors (Lipinski definition) is 7. The minimum Gasteiger partial charge on any atom is -0.356 e. The lowest BCUT2D eigenvalue weighted by Crippen LogP contribution is -2.31. The Morgan fingerprint density at radius 2 is 2.06 bits per heavy atom. The molecule has 1 N–H and O–H groups in total. The van der Waals surface area contributed by atoms with Gasteiger partial charge in [0, 0.05) is 41.4 Å². The number of halogens is 1. The molecule has 0 saturated heterocycles. The van der Waals surface area contributed by atoms with E-state index in [1.807, 2.05) is 41.9 Å². The molecule has 1 saturated carbocycles. The summed E-state index contributed by atoms with van der Waals surface area (Å²) in [5.41, 5.74) is 1.99. The zero-order chi connectivity index (χ0) is 21.5. The van der Waals surface area contributed by atoms with Gasteiger partial charge in [0.15, 0.2) is 11.6 Å². The predicted molar refractivity (Wildman–Crippen MR) is 116 cm³/mol. The Balaban J connectivity index is 1.48. The number of aromatic amines is 1. The third kappa shape index (κ3) is 3.72. The SMILES string of the molecule is CC(c1cc(-c2cccc(Cl)c2)on1)N(c1nnc(-c2cn[nH]c(=O)c2)n1C)C1CC1. The van der Waals surface area contributed by atoms with Crippen molar-refractivity contribution in [1.82, 2.24) is 30.1 Å². The lowest BCUT2D eigenvalue weighted by molar-refractivity contribution is 0.415. The highest BCUT2D eigenvalue weighted by molar-refractivity contribution is 6.30. The molecule has 1 atom stereocenters. The molecule has 1 aliphatic rings. The van der Waals surface area contributed by atoms with Gasteiger partial charge in [0.25, 0.3) is 5.56 Å². The van der Waals surface area contributed by atoms with Crippen molar-refractivity contribution in [1.29, 1.82) is 0 Å². The van der Waals surface area contributed by atoms with Crippen LogP contribution < -0.4 is 10.5 Å². The van der Waals surface area contributed by atoms with Crippen LogP contribution in [0.15, 0.2) is 51.9 Å². The van der Waals surface area contributed by atoms with Crippen molar-refractivity contribution in [3.8, 4) is 22.7 Å². The molecule has 1 aromatic carbocycles. The fourth-order valence-electron chi connectivity index (χ4n) is 3.71. The van der Waals surface area contributed by atoms with Crippen molar-refractivity contribution in [2.75, 3.05) is 4.90 Å². The zero-order valence-electron chi connectivity index (χ0n) is 17.0. The molecule has 4 aromatic rings. The van der Waals surface area contributed by atoms with Crippen LogP contribution in [-0.4, -0.2) is 36.2 Å². The molecule has 0 aliphatic heterocycles. The quantitative estimate of drug-likeness (QED) is 0.491. The zero-order valence-corrected chi connectivity index (χ0v) is 17.7. The molecule has 9 nitrogen and oxygen atoms in total. The van der Waals surface area contributed by atoms with E-state index in [2.05, 4.69) is 37.4 Å². The van der Waals surface area contributed by atoms with Crippen molar-refractivity contribution in [2.45, 2.75) is 31.8 Å². The summed E-state index contributed by atoms with van der Waals surface area (Å²) >= 11 is 6.11. The summed E-state index contributed by atoms with van der Waals surface area (Å²) in [7, 11) is 1.88. The third-order valence-electron chi connectivity index (χ3n) is 5.43. The number of hydrogen-bond donors (Lipinski definition) is 1. The normalized spacial score (nSPS) is 14.5. The minimum absolute atomic E-state index is 0.0859. The second-order valence-corrected chi connectivity index (χ2v) is 8.09. The van der Waals surface area contributed by atoms with E-state index >= 15 is 0 Å². The fraction of sp³-hybridized carbons (Fsp3) is 0.286. The number of nitrogens with one attached hydrogen (secondary N) is 1. The van der Waals surface area contributed by atoms with Crippen LogP contribution in [0.25, 0.3) is 22.7 Å². The number of benzene rings is 1. The Bertz CT molecular complexity index is 1290. The molecule has 1 fully saturated rings. The monoisotopic (exact) mass is 437 g/mol. The molecule has 3 heterocycles. The van der Waals surface area contributed by atoms with Gasteiger partial charge < -0.3 is 9.42 Å². The molecule has 31 heavy (non-hydrogen) atoms. The van der Waals surface area contributed by atoms with E-state index in [9.17, 15) is 4.79 Å². The first-order valence-corrected chi connectivity index (χ1v) is 10.3. The van der Waals surface area contributed by atoms with Crippen molar-refractivity contribution in [3.05, 3.63) is 63.7 Å². The summed E-state index contributed by atoms with van der Waals surface area (Å²) in [5.74, 6) is 1.94. The first-order chi connectivity index (χ1) is 15.0. The summed E-state index contributed by atoms with van der Waals surface area (Å²) < 4.78 is 7.48. The van der Waals surface area contributed by atoms with Gasteiger partial charge in [-0.2, -0.15) is 5.10 Å². The van der Waals surface area contributed by atoms with Crippen molar-refractivity contribution >= 4 is 17.5 Å². The maximum absolute atomic E-state index is 11.7. The first-order valence-electron chi connectivity index (χ1n) is 9.96. The standard InChI is InChI=1S/C21H20ClN7O2/c1-12(17-10-18(31-27-17)13-4-3-5-15(22)8-13)29(16-6-7-16)21-26-25-20(28(21)2)14-9-19(30)24-23-11-14/h3-5,8-12,16H,6-7H2,1-2H3,(H,24,30). The Kier molecular flexibility index (Phi) is 4.82. The molecule has 5 rings (SSSR count). The maximum atomic E-state index is 11.7. The van der Waals surface area contributed by atoms with Crippen LogP contribution in [0.1, 0.15) is 31.5 Å². The topological polar surface area (TPSA) is 106 Å². The van der Waals surface area contributed by atoms with E-state index < -0.39 is 0 Å². The van der Waals surface area contributed by atoms with Crippen molar-refractivity contribution in [3.63, 3.8) is 0 Å². The summed E-state index contributed by atoms with van der Waals surface area (Å²) in [6.45, 7) is 2.07. The smallest absolute Gasteiger partial charge is 0.264 e. The molecule has 0 bridgehead atoms. The highest BCUT2D eigenvalue weighted by Crippen LogP contribution is 2.39. The lowest BCUT2D eigenvalue weighted by Gasteiger charge is -2.28. The Labute approximate surface area is 182 Å². The van der Waals surface area contributed by atoms with E-state index in [0.29, 0.717) is 34.2 Å². The van der Waals surface area contributed by atoms with E-state index in [4.69, 9.17) is 16.1 Å². The van der Waals surface area contributed by atoms with Crippen LogP contribution in [0.4, 0.5) is 5.95 Å². The Morgan fingerprint density at radius 3 is 2.81 bits per heavy atom. The van der Waals surface area contributed by atoms with Crippen LogP contribution in [0.5, 0.6) is 0 Å². The summed E-state index contributed by atoms with van der Waals surface area (Å²) in [5, 5.41) is 19.9. The van der Waals surface area contributed by atoms with Crippen LogP contribution in [0.2, 0.25) is 5.02 Å². The molecule has 0 spiro atoms. The van der Waals surface area contributed by atoms with Gasteiger partial charge in [-0.25, -0.2) is 5.10 Å². The number of nitrogens with zero attached hydrogens (tertiary/aromatic N) is 6. The largest absolute Gasteiger partial charge is 0.356 e.